The third-order valence-corrected chi connectivity index (χ3v) is 2.81. The van der Waals surface area contributed by atoms with E-state index in [1.807, 2.05) is 0 Å². The normalized spacial score (nSPS) is 24.2. The van der Waals surface area contributed by atoms with Gasteiger partial charge in [-0.3, -0.25) is 0 Å². The fraction of sp³-hybridized carbons (Fsp3) is 0.583. The van der Waals surface area contributed by atoms with Crippen molar-refractivity contribution in [2.24, 2.45) is 0 Å². The van der Waals surface area contributed by atoms with Crippen molar-refractivity contribution in [3.05, 3.63) is 12.2 Å². The fourth-order valence-electron chi connectivity index (χ4n) is 1.57. The lowest BCUT2D eigenvalue weighted by Gasteiger charge is -2.36. The van der Waals surface area contributed by atoms with Gasteiger partial charge in [0.15, 0.2) is 12.2 Å². The van der Waals surface area contributed by atoms with Gasteiger partial charge in [0.2, 0.25) is 0 Å². The van der Waals surface area contributed by atoms with Gasteiger partial charge < -0.3 is 14.2 Å². The molecule has 1 heterocycles. The molecule has 0 spiro atoms. The summed E-state index contributed by atoms with van der Waals surface area (Å²) in [5.41, 5.74) is -0.272. The number of halogens is 4. The molecule has 0 bridgehead atoms. The first-order chi connectivity index (χ1) is 9.94. The number of hydrogen-bond acceptors (Lipinski definition) is 6. The molecule has 0 aliphatic carbocycles. The lowest BCUT2D eigenvalue weighted by atomic mass is 9.97. The molecule has 0 N–H and O–H groups in total. The largest absolute Gasteiger partial charge is 0.464 e. The van der Waals surface area contributed by atoms with E-state index in [0.717, 1.165) is 6.92 Å². The maximum Gasteiger partial charge on any atom is 0.381 e. The van der Waals surface area contributed by atoms with Gasteiger partial charge in [0, 0.05) is 12.0 Å². The molecular formula is C12H12F4O6. The number of alkyl halides is 4. The monoisotopic (exact) mass is 328 g/mol. The summed E-state index contributed by atoms with van der Waals surface area (Å²) in [5, 5.41) is 0. The Balaban J connectivity index is 3.05. The molecule has 1 rings (SSSR count). The van der Waals surface area contributed by atoms with E-state index in [0.29, 0.717) is 7.11 Å². The van der Waals surface area contributed by atoms with Gasteiger partial charge in [-0.25, -0.2) is 14.4 Å². The van der Waals surface area contributed by atoms with Crippen LogP contribution in [0.25, 0.3) is 0 Å². The van der Waals surface area contributed by atoms with Crippen molar-refractivity contribution in [1.29, 1.82) is 0 Å². The molecule has 1 saturated heterocycles. The first-order valence-corrected chi connectivity index (χ1v) is 5.86. The molecule has 0 saturated carbocycles. The van der Waals surface area contributed by atoms with Gasteiger partial charge in [-0.2, -0.15) is 17.6 Å². The number of ether oxygens (including phenoxy) is 3. The number of esters is 3. The molecule has 1 aliphatic rings. The van der Waals surface area contributed by atoms with Crippen LogP contribution in [0.15, 0.2) is 12.2 Å². The molecule has 2 unspecified atom stereocenters. The van der Waals surface area contributed by atoms with Crippen LogP contribution in [0.4, 0.5) is 17.6 Å². The number of carbonyl (C=O) groups excluding carboxylic acids is 3. The van der Waals surface area contributed by atoms with E-state index >= 15 is 0 Å². The minimum atomic E-state index is -4.37. The Labute approximate surface area is 122 Å². The summed E-state index contributed by atoms with van der Waals surface area (Å²) in [7, 11) is 0.647. The minimum Gasteiger partial charge on any atom is -0.464 e. The molecular weight excluding hydrogens is 316 g/mol. The van der Waals surface area contributed by atoms with E-state index < -0.39 is 48.4 Å². The highest BCUT2D eigenvalue weighted by atomic mass is 19.3. The zero-order valence-corrected chi connectivity index (χ0v) is 11.5. The van der Waals surface area contributed by atoms with Crippen molar-refractivity contribution in [3.8, 4) is 0 Å². The van der Waals surface area contributed by atoms with Gasteiger partial charge in [0.25, 0.3) is 0 Å². The average molecular weight is 328 g/mol. The number of hydrogen-bond donors (Lipinski definition) is 0. The van der Waals surface area contributed by atoms with Crippen molar-refractivity contribution in [3.63, 3.8) is 0 Å². The van der Waals surface area contributed by atoms with Crippen LogP contribution in [0.1, 0.15) is 13.3 Å². The van der Waals surface area contributed by atoms with Gasteiger partial charge in [-0.05, 0) is 6.92 Å². The van der Waals surface area contributed by atoms with Crippen LogP contribution in [0.3, 0.4) is 0 Å². The van der Waals surface area contributed by atoms with E-state index in [1.54, 1.807) is 0 Å². The van der Waals surface area contributed by atoms with E-state index in [4.69, 9.17) is 0 Å². The first-order valence-electron chi connectivity index (χ1n) is 5.86. The minimum absolute atomic E-state index is 0.272. The molecule has 0 radical (unpaired) electrons. The van der Waals surface area contributed by atoms with Crippen molar-refractivity contribution < 1.29 is 46.2 Å². The van der Waals surface area contributed by atoms with E-state index in [1.165, 1.54) is 0 Å². The Hall–Kier alpha value is -2.13. The van der Waals surface area contributed by atoms with E-state index in [2.05, 4.69) is 20.8 Å². The zero-order chi connectivity index (χ0) is 17.3. The zero-order valence-electron chi connectivity index (χ0n) is 11.5. The molecule has 2 atom stereocenters. The quantitative estimate of drug-likeness (QED) is 0.334. The lowest BCUT2D eigenvalue weighted by Crippen LogP contribution is -2.58. The van der Waals surface area contributed by atoms with Crippen LogP contribution in [0, 0.1) is 0 Å². The van der Waals surface area contributed by atoms with Crippen molar-refractivity contribution in [2.75, 3.05) is 7.11 Å². The third-order valence-electron chi connectivity index (χ3n) is 2.81. The van der Waals surface area contributed by atoms with E-state index in [9.17, 15) is 31.9 Å². The van der Waals surface area contributed by atoms with Crippen LogP contribution < -0.4 is 0 Å². The Morgan fingerprint density at radius 3 is 2.41 bits per heavy atom. The van der Waals surface area contributed by atoms with Crippen molar-refractivity contribution in [1.82, 2.24) is 0 Å². The number of cyclic esters (lactones) is 1. The van der Waals surface area contributed by atoms with Crippen LogP contribution in [0.2, 0.25) is 0 Å². The van der Waals surface area contributed by atoms with Crippen LogP contribution in [-0.4, -0.2) is 49.1 Å². The molecule has 0 amide bonds. The SMILES string of the molecule is C=C(C)C(=O)OC1CC(C(F)(F)C(=O)OC)OC(=O)C1(F)F. The number of rotatable bonds is 4. The Morgan fingerprint density at radius 2 is 1.95 bits per heavy atom. The standard InChI is InChI=1S/C12H12F4O6/c1-5(2)8(17)21-6-4-7(11(13,14)9(18)20-3)22-10(19)12(6,15)16/h6-7H,1,4H2,2-3H3. The van der Waals surface area contributed by atoms with Crippen molar-refractivity contribution in [2.45, 2.75) is 37.4 Å². The maximum atomic E-state index is 13.6. The summed E-state index contributed by atoms with van der Waals surface area (Å²) >= 11 is 0. The predicted molar refractivity (Wildman–Crippen MR) is 61.1 cm³/mol. The average Bonchev–Trinajstić information content (AvgIpc) is 2.42. The highest BCUT2D eigenvalue weighted by molar-refractivity contribution is 5.88. The molecule has 0 aromatic carbocycles. The van der Waals surface area contributed by atoms with Crippen LogP contribution in [0.5, 0.6) is 0 Å². The Morgan fingerprint density at radius 1 is 1.41 bits per heavy atom. The molecule has 1 aliphatic heterocycles. The second-order valence-corrected chi connectivity index (χ2v) is 4.54. The molecule has 6 nitrogen and oxygen atoms in total. The summed E-state index contributed by atoms with van der Waals surface area (Å²) in [4.78, 5) is 33.4. The third kappa shape index (κ3) is 3.20. The van der Waals surface area contributed by atoms with Crippen LogP contribution in [-0.2, 0) is 28.6 Å². The summed E-state index contributed by atoms with van der Waals surface area (Å²) in [6.45, 7) is 4.28. The van der Waals surface area contributed by atoms with Gasteiger partial charge in [-0.1, -0.05) is 6.58 Å². The van der Waals surface area contributed by atoms with Gasteiger partial charge >= 0.3 is 29.8 Å². The smallest absolute Gasteiger partial charge is 0.381 e. The second kappa shape index (κ2) is 5.93. The summed E-state index contributed by atoms with van der Waals surface area (Å²) in [6.07, 6.45) is -6.34. The van der Waals surface area contributed by atoms with Gasteiger partial charge in [-0.15, -0.1) is 0 Å². The summed E-state index contributed by atoms with van der Waals surface area (Å²) in [6, 6.07) is 0. The predicted octanol–water partition coefficient (Wildman–Crippen LogP) is 1.23. The molecule has 10 heteroatoms. The maximum absolute atomic E-state index is 13.6. The molecule has 22 heavy (non-hydrogen) atoms. The molecule has 0 aromatic rings. The first kappa shape index (κ1) is 17.9. The van der Waals surface area contributed by atoms with Crippen molar-refractivity contribution >= 4 is 17.9 Å². The topological polar surface area (TPSA) is 78.9 Å². The number of methoxy groups -OCH3 is 1. The van der Waals surface area contributed by atoms with Gasteiger partial charge in [0.1, 0.15) is 0 Å². The Bertz CT molecular complexity index is 516. The molecule has 124 valence electrons. The molecule has 1 fully saturated rings. The lowest BCUT2D eigenvalue weighted by molar-refractivity contribution is -0.245. The number of carbonyl (C=O) groups is 3. The fourth-order valence-corrected chi connectivity index (χ4v) is 1.57. The molecule has 0 aromatic heterocycles. The second-order valence-electron chi connectivity index (χ2n) is 4.54. The highest BCUT2D eigenvalue weighted by Crippen LogP contribution is 2.38. The summed E-state index contributed by atoms with van der Waals surface area (Å²) < 4.78 is 66.5. The van der Waals surface area contributed by atoms with Gasteiger partial charge in [0.05, 0.1) is 7.11 Å². The Kier molecular flexibility index (Phi) is 4.83. The summed E-state index contributed by atoms with van der Waals surface area (Å²) in [5.74, 6) is -14.4. The van der Waals surface area contributed by atoms with Crippen LogP contribution >= 0.6 is 0 Å². The highest BCUT2D eigenvalue weighted by Gasteiger charge is 2.63. The van der Waals surface area contributed by atoms with E-state index in [-0.39, 0.29) is 5.57 Å².